The largest absolute Gasteiger partial charge is 0.491 e. The first kappa shape index (κ1) is 16.9. The Labute approximate surface area is 128 Å². The fourth-order valence-corrected chi connectivity index (χ4v) is 1.85. The zero-order valence-electron chi connectivity index (χ0n) is 12.1. The lowest BCUT2D eigenvalue weighted by Crippen LogP contribution is -2.10. The molecular weight excluding hydrogens is 294 g/mol. The van der Waals surface area contributed by atoms with E-state index in [4.69, 9.17) is 31.1 Å². The fourth-order valence-electron chi connectivity index (χ4n) is 1.55. The highest BCUT2D eigenvalue weighted by molar-refractivity contribution is 6.32. The number of halogens is 1. The highest BCUT2D eigenvalue weighted by atomic mass is 35.5. The van der Waals surface area contributed by atoms with Crippen LogP contribution in [0.3, 0.4) is 0 Å². The molecule has 1 atom stereocenters. The number of rotatable bonds is 6. The maximum absolute atomic E-state index is 11.5. The van der Waals surface area contributed by atoms with Gasteiger partial charge in [0.15, 0.2) is 17.6 Å². The number of hydrogen-bond donors (Lipinski definition) is 0. The van der Waals surface area contributed by atoms with Gasteiger partial charge in [-0.3, -0.25) is 0 Å². The van der Waals surface area contributed by atoms with Gasteiger partial charge in [-0.2, -0.15) is 5.26 Å². The summed E-state index contributed by atoms with van der Waals surface area (Å²) in [7, 11) is 1.50. The van der Waals surface area contributed by atoms with Crippen LogP contribution in [0.15, 0.2) is 18.2 Å². The molecule has 0 bridgehead atoms. The number of esters is 1. The number of carbonyl (C=O) groups excluding carboxylic acids is 1. The second kappa shape index (κ2) is 8.18. The molecule has 0 saturated heterocycles. The van der Waals surface area contributed by atoms with Crippen molar-refractivity contribution >= 4 is 23.6 Å². The van der Waals surface area contributed by atoms with Crippen LogP contribution >= 0.6 is 11.6 Å². The third-order valence-corrected chi connectivity index (χ3v) is 2.70. The lowest BCUT2D eigenvalue weighted by atomic mass is 10.2. The zero-order chi connectivity index (χ0) is 15.8. The summed E-state index contributed by atoms with van der Waals surface area (Å²) in [5, 5.41) is 8.94. The van der Waals surface area contributed by atoms with E-state index in [0.29, 0.717) is 28.7 Å². The molecule has 0 amide bonds. The minimum atomic E-state index is -0.791. The first-order valence-electron chi connectivity index (χ1n) is 6.30. The van der Waals surface area contributed by atoms with Gasteiger partial charge in [0, 0.05) is 6.08 Å². The van der Waals surface area contributed by atoms with Gasteiger partial charge in [0.1, 0.15) is 6.07 Å². The lowest BCUT2D eigenvalue weighted by Gasteiger charge is -2.11. The van der Waals surface area contributed by atoms with Gasteiger partial charge < -0.3 is 14.2 Å². The highest BCUT2D eigenvalue weighted by Gasteiger charge is 2.11. The molecule has 0 unspecified atom stereocenters. The predicted molar refractivity (Wildman–Crippen MR) is 79.4 cm³/mol. The Kier molecular flexibility index (Phi) is 6.57. The van der Waals surface area contributed by atoms with Crippen molar-refractivity contribution in [3.8, 4) is 17.6 Å². The number of benzene rings is 1. The molecule has 0 aliphatic heterocycles. The highest BCUT2D eigenvalue weighted by Crippen LogP contribution is 2.36. The quantitative estimate of drug-likeness (QED) is 0.596. The van der Waals surface area contributed by atoms with Gasteiger partial charge in [0.25, 0.3) is 0 Å². The molecule has 5 nitrogen and oxygen atoms in total. The van der Waals surface area contributed by atoms with E-state index in [0.717, 1.165) is 0 Å². The number of methoxy groups -OCH3 is 1. The first-order chi connectivity index (χ1) is 10.0. The Bertz CT molecular complexity index is 578. The molecule has 0 radical (unpaired) electrons. The summed E-state index contributed by atoms with van der Waals surface area (Å²) >= 11 is 6.09. The van der Waals surface area contributed by atoms with Crippen LogP contribution in [0.1, 0.15) is 19.4 Å². The van der Waals surface area contributed by atoms with Crippen LogP contribution in [0.4, 0.5) is 0 Å². The summed E-state index contributed by atoms with van der Waals surface area (Å²) in [5.74, 6) is 0.330. The van der Waals surface area contributed by atoms with Crippen molar-refractivity contribution in [3.05, 3.63) is 28.8 Å². The third kappa shape index (κ3) is 5.01. The molecule has 0 N–H and O–H groups in total. The predicted octanol–water partition coefficient (Wildman–Crippen LogP) is 3.22. The van der Waals surface area contributed by atoms with Crippen molar-refractivity contribution in [1.29, 1.82) is 5.26 Å². The molecule has 1 aromatic rings. The maximum atomic E-state index is 11.5. The van der Waals surface area contributed by atoms with Gasteiger partial charge in [-0.05, 0) is 37.6 Å². The van der Waals surface area contributed by atoms with E-state index in [2.05, 4.69) is 0 Å². The topological polar surface area (TPSA) is 68.5 Å². The van der Waals surface area contributed by atoms with Gasteiger partial charge in [0.05, 0.1) is 18.7 Å². The van der Waals surface area contributed by atoms with Gasteiger partial charge in [0.2, 0.25) is 0 Å². The molecular formula is C15H16ClNO4. The smallest absolute Gasteiger partial charge is 0.332 e. The monoisotopic (exact) mass is 309 g/mol. The maximum Gasteiger partial charge on any atom is 0.332 e. The van der Waals surface area contributed by atoms with Crippen molar-refractivity contribution in [2.24, 2.45) is 0 Å². The summed E-state index contributed by atoms with van der Waals surface area (Å²) in [5.41, 5.74) is 0.658. The molecule has 0 heterocycles. The van der Waals surface area contributed by atoms with Crippen molar-refractivity contribution in [3.63, 3.8) is 0 Å². The average molecular weight is 310 g/mol. The molecule has 1 aromatic carbocycles. The van der Waals surface area contributed by atoms with E-state index in [-0.39, 0.29) is 0 Å². The molecule has 0 saturated carbocycles. The summed E-state index contributed by atoms with van der Waals surface area (Å²) in [6.07, 6.45) is 1.96. The Morgan fingerprint density at radius 2 is 2.24 bits per heavy atom. The number of carbonyl (C=O) groups is 1. The van der Waals surface area contributed by atoms with E-state index >= 15 is 0 Å². The Morgan fingerprint density at radius 3 is 2.81 bits per heavy atom. The van der Waals surface area contributed by atoms with E-state index in [1.165, 1.54) is 26.2 Å². The molecule has 0 spiro atoms. The molecule has 1 rings (SSSR count). The summed E-state index contributed by atoms with van der Waals surface area (Å²) < 4.78 is 15.4. The number of nitrogens with zero attached hydrogens (tertiary/aromatic N) is 1. The summed E-state index contributed by atoms with van der Waals surface area (Å²) in [6, 6.07) is 5.15. The molecule has 21 heavy (non-hydrogen) atoms. The van der Waals surface area contributed by atoms with Crippen molar-refractivity contribution < 1.29 is 19.0 Å². The zero-order valence-corrected chi connectivity index (χ0v) is 12.8. The summed E-state index contributed by atoms with van der Waals surface area (Å²) in [4.78, 5) is 11.5. The third-order valence-electron chi connectivity index (χ3n) is 2.42. The van der Waals surface area contributed by atoms with Gasteiger partial charge in [-0.15, -0.1) is 0 Å². The van der Waals surface area contributed by atoms with Crippen molar-refractivity contribution in [1.82, 2.24) is 0 Å². The van der Waals surface area contributed by atoms with Gasteiger partial charge in [-0.25, -0.2) is 4.79 Å². The van der Waals surface area contributed by atoms with Gasteiger partial charge >= 0.3 is 5.97 Å². The van der Waals surface area contributed by atoms with Crippen LogP contribution in [0.2, 0.25) is 5.02 Å². The second-order valence-corrected chi connectivity index (χ2v) is 4.42. The Morgan fingerprint density at radius 1 is 1.52 bits per heavy atom. The minimum absolute atomic E-state index is 0.377. The van der Waals surface area contributed by atoms with Gasteiger partial charge in [-0.1, -0.05) is 11.6 Å². The van der Waals surface area contributed by atoms with Crippen LogP contribution in [-0.2, 0) is 9.53 Å². The van der Waals surface area contributed by atoms with E-state index in [1.807, 2.05) is 13.0 Å². The summed E-state index contributed by atoms with van der Waals surface area (Å²) in [6.45, 7) is 3.79. The lowest BCUT2D eigenvalue weighted by molar-refractivity contribution is -0.139. The van der Waals surface area contributed by atoms with Crippen LogP contribution in [0, 0.1) is 11.3 Å². The average Bonchev–Trinajstić information content (AvgIpc) is 2.45. The molecule has 0 aliphatic rings. The van der Waals surface area contributed by atoms with E-state index in [1.54, 1.807) is 12.1 Å². The number of ether oxygens (including phenoxy) is 3. The normalized spacial score (nSPS) is 11.8. The van der Waals surface area contributed by atoms with Crippen molar-refractivity contribution in [2.45, 2.75) is 20.0 Å². The number of nitriles is 1. The molecule has 0 aromatic heterocycles. The number of hydrogen-bond acceptors (Lipinski definition) is 5. The minimum Gasteiger partial charge on any atom is -0.491 e. The molecule has 6 heteroatoms. The molecule has 0 fully saturated rings. The Hall–Kier alpha value is -2.19. The van der Waals surface area contributed by atoms with Crippen LogP contribution in [0.25, 0.3) is 6.08 Å². The van der Waals surface area contributed by atoms with E-state index in [9.17, 15) is 4.79 Å². The van der Waals surface area contributed by atoms with Crippen LogP contribution in [-0.4, -0.2) is 25.8 Å². The van der Waals surface area contributed by atoms with Crippen LogP contribution in [0.5, 0.6) is 11.5 Å². The SMILES string of the molecule is CCOc1cc(/C=C/C(=O)O[C@@H](C)C#N)cc(Cl)c1OC. The second-order valence-electron chi connectivity index (χ2n) is 4.01. The van der Waals surface area contributed by atoms with Crippen LogP contribution < -0.4 is 9.47 Å². The van der Waals surface area contributed by atoms with E-state index < -0.39 is 12.1 Å². The molecule has 0 aliphatic carbocycles. The first-order valence-corrected chi connectivity index (χ1v) is 6.68. The standard InChI is InChI=1S/C15H16ClNO4/c1-4-20-13-8-11(7-12(16)15(13)19-3)5-6-14(18)21-10(2)9-17/h5-8,10H,4H2,1-3H3/b6-5+/t10-/m0/s1. The molecule has 112 valence electrons. The Balaban J connectivity index is 2.94. The fraction of sp³-hybridized carbons (Fsp3) is 0.333. The van der Waals surface area contributed by atoms with Crippen molar-refractivity contribution in [2.75, 3.05) is 13.7 Å².